The van der Waals surface area contributed by atoms with Gasteiger partial charge >= 0.3 is 0 Å². The van der Waals surface area contributed by atoms with E-state index in [1.807, 2.05) is 50.3 Å². The molecule has 0 bridgehead atoms. The van der Waals surface area contributed by atoms with Crippen LogP contribution in [0.3, 0.4) is 0 Å². The van der Waals surface area contributed by atoms with Crippen LogP contribution in [0.5, 0.6) is 0 Å². The van der Waals surface area contributed by atoms with Crippen LogP contribution in [0.25, 0.3) is 0 Å². The number of likely N-dealkylation sites (tertiary alicyclic amines) is 1. The molecule has 0 radical (unpaired) electrons. The number of methoxy groups -OCH3 is 1. The van der Waals surface area contributed by atoms with Gasteiger partial charge in [0, 0.05) is 31.7 Å². The summed E-state index contributed by atoms with van der Waals surface area (Å²) in [5.41, 5.74) is -0.975. The second-order valence-electron chi connectivity index (χ2n) is 8.71. The third-order valence-electron chi connectivity index (χ3n) is 4.77. The van der Waals surface area contributed by atoms with E-state index in [0.717, 1.165) is 18.7 Å². The van der Waals surface area contributed by atoms with Gasteiger partial charge < -0.3 is 15.0 Å². The van der Waals surface area contributed by atoms with Crippen LogP contribution in [0.15, 0.2) is 12.3 Å². The highest BCUT2D eigenvalue weighted by molar-refractivity contribution is 5.93. The number of hydrogen-bond acceptors (Lipinski definition) is 4. The molecule has 2 amide bonds. The molecule has 26 heavy (non-hydrogen) atoms. The number of nitrogens with one attached hydrogen (secondary N) is 1. The molecule has 146 valence electrons. The summed E-state index contributed by atoms with van der Waals surface area (Å²) in [5.74, 6) is 0.808. The first-order valence-corrected chi connectivity index (χ1v) is 9.19. The Kier molecular flexibility index (Phi) is 6.11. The minimum atomic E-state index is -0.515. The van der Waals surface area contributed by atoms with Crippen molar-refractivity contribution in [2.24, 2.45) is 10.8 Å². The standard InChI is InChI=1S/C19H32N4O3/c1-18(2,3)16(24)21-15-7-10-20-23(15)14-8-11-22(12-9-14)17(25)19(4,5)13-26-6/h7,10,14H,8-9,11-13H2,1-6H3,(H,21,24). The summed E-state index contributed by atoms with van der Waals surface area (Å²) in [4.78, 5) is 26.9. The lowest BCUT2D eigenvalue weighted by Gasteiger charge is -2.37. The van der Waals surface area contributed by atoms with Crippen LogP contribution in [0.1, 0.15) is 53.5 Å². The molecule has 1 aromatic heterocycles. The Morgan fingerprint density at radius 3 is 2.38 bits per heavy atom. The zero-order valence-electron chi connectivity index (χ0n) is 16.8. The van der Waals surface area contributed by atoms with Crippen molar-refractivity contribution in [3.8, 4) is 0 Å². The number of rotatable bonds is 5. The van der Waals surface area contributed by atoms with Crippen molar-refractivity contribution >= 4 is 17.6 Å². The SMILES string of the molecule is COCC(C)(C)C(=O)N1CCC(n2nccc2NC(=O)C(C)(C)C)CC1. The van der Waals surface area contributed by atoms with Crippen molar-refractivity contribution in [2.75, 3.05) is 32.1 Å². The maximum Gasteiger partial charge on any atom is 0.230 e. The summed E-state index contributed by atoms with van der Waals surface area (Å²) in [6.07, 6.45) is 3.33. The summed E-state index contributed by atoms with van der Waals surface area (Å²) in [5, 5.41) is 7.37. The Morgan fingerprint density at radius 2 is 1.85 bits per heavy atom. The number of carbonyl (C=O) groups excluding carboxylic acids is 2. The van der Waals surface area contributed by atoms with Crippen molar-refractivity contribution in [1.82, 2.24) is 14.7 Å². The first-order chi connectivity index (χ1) is 12.1. The molecule has 1 saturated heterocycles. The summed E-state index contributed by atoms with van der Waals surface area (Å²) < 4.78 is 7.06. The quantitative estimate of drug-likeness (QED) is 0.871. The Bertz CT molecular complexity index is 637. The number of hydrogen-bond donors (Lipinski definition) is 1. The van der Waals surface area contributed by atoms with Gasteiger partial charge in [-0.1, -0.05) is 20.8 Å². The highest BCUT2D eigenvalue weighted by atomic mass is 16.5. The predicted molar refractivity (Wildman–Crippen MR) is 101 cm³/mol. The number of nitrogens with zero attached hydrogens (tertiary/aromatic N) is 3. The molecule has 0 atom stereocenters. The predicted octanol–water partition coefficient (Wildman–Crippen LogP) is 2.70. The van der Waals surface area contributed by atoms with Gasteiger partial charge in [0.2, 0.25) is 11.8 Å². The molecule has 1 N–H and O–H groups in total. The Hall–Kier alpha value is -1.89. The van der Waals surface area contributed by atoms with Crippen molar-refractivity contribution in [2.45, 2.75) is 53.5 Å². The summed E-state index contributed by atoms with van der Waals surface area (Å²) in [7, 11) is 1.62. The number of aromatic nitrogens is 2. The van der Waals surface area contributed by atoms with E-state index < -0.39 is 10.8 Å². The van der Waals surface area contributed by atoms with E-state index in [4.69, 9.17) is 4.74 Å². The molecule has 7 heteroatoms. The van der Waals surface area contributed by atoms with Crippen LogP contribution in [-0.2, 0) is 14.3 Å². The van der Waals surface area contributed by atoms with E-state index in [1.165, 1.54) is 0 Å². The first kappa shape index (κ1) is 20.4. The minimum absolute atomic E-state index is 0.0341. The van der Waals surface area contributed by atoms with E-state index in [-0.39, 0.29) is 17.9 Å². The van der Waals surface area contributed by atoms with Gasteiger partial charge in [-0.3, -0.25) is 9.59 Å². The fraction of sp³-hybridized carbons (Fsp3) is 0.737. The largest absolute Gasteiger partial charge is 0.384 e. The van der Waals surface area contributed by atoms with Gasteiger partial charge in [0.1, 0.15) is 5.82 Å². The van der Waals surface area contributed by atoms with Crippen LogP contribution < -0.4 is 5.32 Å². The van der Waals surface area contributed by atoms with Gasteiger partial charge in [-0.15, -0.1) is 0 Å². The van der Waals surface area contributed by atoms with Gasteiger partial charge in [-0.25, -0.2) is 4.68 Å². The lowest BCUT2D eigenvalue weighted by Crippen LogP contribution is -2.47. The molecule has 0 aliphatic carbocycles. The summed E-state index contributed by atoms with van der Waals surface area (Å²) >= 11 is 0. The zero-order valence-corrected chi connectivity index (χ0v) is 16.8. The molecule has 0 unspecified atom stereocenters. The number of ether oxygens (including phenoxy) is 1. The van der Waals surface area contributed by atoms with E-state index in [1.54, 1.807) is 13.3 Å². The number of piperidine rings is 1. The van der Waals surface area contributed by atoms with Crippen LogP contribution >= 0.6 is 0 Å². The van der Waals surface area contributed by atoms with Crippen molar-refractivity contribution in [3.63, 3.8) is 0 Å². The third-order valence-corrected chi connectivity index (χ3v) is 4.77. The Balaban J connectivity index is 2.00. The second kappa shape index (κ2) is 7.78. The van der Waals surface area contributed by atoms with Gasteiger partial charge in [0.05, 0.1) is 24.3 Å². The molecule has 2 heterocycles. The number of anilines is 1. The fourth-order valence-electron chi connectivity index (χ4n) is 3.17. The Morgan fingerprint density at radius 1 is 1.23 bits per heavy atom. The average Bonchev–Trinajstić information content (AvgIpc) is 3.01. The summed E-state index contributed by atoms with van der Waals surface area (Å²) in [6.45, 7) is 11.3. The minimum Gasteiger partial charge on any atom is -0.384 e. The molecule has 0 saturated carbocycles. The molecule has 0 aromatic carbocycles. The number of amides is 2. The van der Waals surface area contributed by atoms with Crippen molar-refractivity contribution < 1.29 is 14.3 Å². The lowest BCUT2D eigenvalue weighted by atomic mass is 9.91. The molecular weight excluding hydrogens is 332 g/mol. The molecule has 0 spiro atoms. The molecule has 1 aliphatic heterocycles. The van der Waals surface area contributed by atoms with E-state index in [9.17, 15) is 9.59 Å². The van der Waals surface area contributed by atoms with Gasteiger partial charge in [0.25, 0.3) is 0 Å². The molecule has 1 fully saturated rings. The summed E-state index contributed by atoms with van der Waals surface area (Å²) in [6, 6.07) is 2.00. The molecule has 7 nitrogen and oxygen atoms in total. The normalized spacial score (nSPS) is 16.6. The highest BCUT2D eigenvalue weighted by Gasteiger charge is 2.35. The van der Waals surface area contributed by atoms with Crippen LogP contribution in [0, 0.1) is 10.8 Å². The van der Waals surface area contributed by atoms with Crippen LogP contribution in [-0.4, -0.2) is 53.3 Å². The van der Waals surface area contributed by atoms with E-state index in [2.05, 4.69) is 10.4 Å². The average molecular weight is 364 g/mol. The Labute approximate surface area is 156 Å². The topological polar surface area (TPSA) is 76.5 Å². The van der Waals surface area contributed by atoms with Crippen LogP contribution in [0.4, 0.5) is 5.82 Å². The lowest BCUT2D eigenvalue weighted by molar-refractivity contribution is -0.144. The monoisotopic (exact) mass is 364 g/mol. The smallest absolute Gasteiger partial charge is 0.230 e. The maximum atomic E-state index is 12.7. The zero-order chi connectivity index (χ0) is 19.5. The van der Waals surface area contributed by atoms with E-state index in [0.29, 0.717) is 19.7 Å². The second-order valence-corrected chi connectivity index (χ2v) is 8.71. The third kappa shape index (κ3) is 4.63. The molecule has 2 rings (SSSR count). The molecular formula is C19H32N4O3. The van der Waals surface area contributed by atoms with Gasteiger partial charge in [0.15, 0.2) is 0 Å². The first-order valence-electron chi connectivity index (χ1n) is 9.19. The van der Waals surface area contributed by atoms with Gasteiger partial charge in [-0.05, 0) is 26.7 Å². The van der Waals surface area contributed by atoms with Crippen LogP contribution in [0.2, 0.25) is 0 Å². The van der Waals surface area contributed by atoms with Crippen molar-refractivity contribution in [1.29, 1.82) is 0 Å². The number of carbonyl (C=O) groups is 2. The maximum absolute atomic E-state index is 12.7. The van der Waals surface area contributed by atoms with Crippen molar-refractivity contribution in [3.05, 3.63) is 12.3 Å². The molecule has 1 aliphatic rings. The highest BCUT2D eigenvalue weighted by Crippen LogP contribution is 2.29. The molecule has 1 aromatic rings. The fourth-order valence-corrected chi connectivity index (χ4v) is 3.17. The van der Waals surface area contributed by atoms with Gasteiger partial charge in [-0.2, -0.15) is 5.10 Å². The van der Waals surface area contributed by atoms with E-state index >= 15 is 0 Å².